The van der Waals surface area contributed by atoms with Gasteiger partial charge in [0, 0.05) is 18.8 Å². The van der Waals surface area contributed by atoms with Crippen molar-refractivity contribution in [1.82, 2.24) is 10.3 Å². The molecule has 1 aromatic carbocycles. The van der Waals surface area contributed by atoms with Gasteiger partial charge in [0.25, 0.3) is 0 Å². The molecule has 3 rings (SSSR count). The van der Waals surface area contributed by atoms with Crippen LogP contribution in [0.25, 0.3) is 0 Å². The zero-order chi connectivity index (χ0) is 13.9. The monoisotopic (exact) mass is 336 g/mol. The highest BCUT2D eigenvalue weighted by Crippen LogP contribution is 2.30. The van der Waals surface area contributed by atoms with E-state index in [1.54, 1.807) is 12.3 Å². The molecule has 1 aromatic heterocycles. The highest BCUT2D eigenvalue weighted by molar-refractivity contribution is 9.10. The summed E-state index contributed by atoms with van der Waals surface area (Å²) in [5.74, 6) is 0.914. The van der Waals surface area contributed by atoms with Crippen LogP contribution < -0.4 is 10.1 Å². The van der Waals surface area contributed by atoms with Crippen LogP contribution in [0.4, 0.5) is 4.39 Å². The van der Waals surface area contributed by atoms with Crippen molar-refractivity contribution in [2.24, 2.45) is 0 Å². The molecule has 0 bridgehead atoms. The molecule has 0 radical (unpaired) electrons. The molecule has 1 N–H and O–H groups in total. The van der Waals surface area contributed by atoms with E-state index in [0.29, 0.717) is 22.0 Å². The number of pyridine rings is 1. The maximum Gasteiger partial charge on any atom is 0.146 e. The Morgan fingerprint density at radius 1 is 1.30 bits per heavy atom. The standard InChI is InChI=1S/C15H14BrFN2O/c16-14-6-11(17)1-4-15(14)20-13-5-10(7-18-9-13)8-19-12-2-3-12/h1,4-7,9,12,19H,2-3,8H2. The fraction of sp³-hybridized carbons (Fsp3) is 0.267. The van der Waals surface area contributed by atoms with Gasteiger partial charge >= 0.3 is 0 Å². The zero-order valence-electron chi connectivity index (χ0n) is 10.8. The molecule has 1 aliphatic carbocycles. The Hall–Kier alpha value is -1.46. The van der Waals surface area contributed by atoms with Gasteiger partial charge < -0.3 is 10.1 Å². The number of halogens is 2. The zero-order valence-corrected chi connectivity index (χ0v) is 12.4. The molecule has 0 atom stereocenters. The molecule has 1 saturated carbocycles. The summed E-state index contributed by atoms with van der Waals surface area (Å²) in [6.07, 6.45) is 5.98. The van der Waals surface area contributed by atoms with Gasteiger partial charge in [-0.3, -0.25) is 4.98 Å². The average molecular weight is 337 g/mol. The second-order valence-corrected chi connectivity index (χ2v) is 5.72. The molecule has 1 heterocycles. The minimum absolute atomic E-state index is 0.301. The molecule has 1 aliphatic rings. The van der Waals surface area contributed by atoms with Crippen LogP contribution in [0.15, 0.2) is 41.1 Å². The number of nitrogens with one attached hydrogen (secondary N) is 1. The first kappa shape index (κ1) is 13.5. The van der Waals surface area contributed by atoms with E-state index in [-0.39, 0.29) is 5.82 Å². The number of rotatable bonds is 5. The highest BCUT2D eigenvalue weighted by Gasteiger charge is 2.20. The van der Waals surface area contributed by atoms with E-state index in [0.717, 1.165) is 12.1 Å². The van der Waals surface area contributed by atoms with Crippen LogP contribution in [0.1, 0.15) is 18.4 Å². The number of nitrogens with zero attached hydrogens (tertiary/aromatic N) is 1. The largest absolute Gasteiger partial charge is 0.455 e. The summed E-state index contributed by atoms with van der Waals surface area (Å²) in [5.41, 5.74) is 1.08. The van der Waals surface area contributed by atoms with Crippen LogP contribution >= 0.6 is 15.9 Å². The molecular formula is C15H14BrFN2O. The molecule has 104 valence electrons. The molecule has 0 unspecified atom stereocenters. The Labute approximate surface area is 125 Å². The van der Waals surface area contributed by atoms with Crippen LogP contribution in [0.5, 0.6) is 11.5 Å². The Morgan fingerprint density at radius 3 is 2.90 bits per heavy atom. The van der Waals surface area contributed by atoms with Gasteiger partial charge in [-0.25, -0.2) is 4.39 Å². The smallest absolute Gasteiger partial charge is 0.146 e. The molecule has 0 aliphatic heterocycles. The van der Waals surface area contributed by atoms with Gasteiger partial charge in [-0.15, -0.1) is 0 Å². The second-order valence-electron chi connectivity index (χ2n) is 4.86. The van der Waals surface area contributed by atoms with Crippen molar-refractivity contribution < 1.29 is 9.13 Å². The van der Waals surface area contributed by atoms with E-state index in [2.05, 4.69) is 26.2 Å². The maximum absolute atomic E-state index is 13.0. The number of ether oxygens (including phenoxy) is 1. The third-order valence-corrected chi connectivity index (χ3v) is 3.68. The molecule has 1 fully saturated rings. The van der Waals surface area contributed by atoms with Gasteiger partial charge in [0.05, 0.1) is 10.7 Å². The lowest BCUT2D eigenvalue weighted by Gasteiger charge is -2.09. The normalized spacial score (nSPS) is 14.3. The minimum Gasteiger partial charge on any atom is -0.455 e. The van der Waals surface area contributed by atoms with Gasteiger partial charge in [0.15, 0.2) is 0 Å². The van der Waals surface area contributed by atoms with Gasteiger partial charge in [0.1, 0.15) is 17.3 Å². The first-order valence-electron chi connectivity index (χ1n) is 6.51. The Balaban J connectivity index is 1.70. The molecule has 2 aromatic rings. The number of hydrogen-bond donors (Lipinski definition) is 1. The lowest BCUT2D eigenvalue weighted by Crippen LogP contribution is -2.15. The highest BCUT2D eigenvalue weighted by atomic mass is 79.9. The van der Waals surface area contributed by atoms with Gasteiger partial charge in [-0.2, -0.15) is 0 Å². The molecule has 3 nitrogen and oxygen atoms in total. The Bertz CT molecular complexity index is 617. The Kier molecular flexibility index (Phi) is 3.98. The van der Waals surface area contributed by atoms with Crippen LogP contribution in [0, 0.1) is 5.82 Å². The summed E-state index contributed by atoms with van der Waals surface area (Å²) >= 11 is 3.28. The van der Waals surface area contributed by atoms with E-state index < -0.39 is 0 Å². The van der Waals surface area contributed by atoms with Crippen molar-refractivity contribution in [1.29, 1.82) is 0 Å². The predicted molar refractivity (Wildman–Crippen MR) is 78.3 cm³/mol. The van der Waals surface area contributed by atoms with E-state index in [1.807, 2.05) is 12.3 Å². The van der Waals surface area contributed by atoms with Gasteiger partial charge in [-0.05, 0) is 58.6 Å². The average Bonchev–Trinajstić information content (AvgIpc) is 3.24. The van der Waals surface area contributed by atoms with Crippen LogP contribution in [0.3, 0.4) is 0 Å². The lowest BCUT2D eigenvalue weighted by molar-refractivity contribution is 0.473. The third-order valence-electron chi connectivity index (χ3n) is 3.06. The van der Waals surface area contributed by atoms with Crippen molar-refractivity contribution in [3.63, 3.8) is 0 Å². The summed E-state index contributed by atoms with van der Waals surface area (Å²) in [5, 5.41) is 3.43. The van der Waals surface area contributed by atoms with Crippen LogP contribution in [-0.2, 0) is 6.54 Å². The number of benzene rings is 1. The first-order valence-corrected chi connectivity index (χ1v) is 7.30. The second kappa shape index (κ2) is 5.89. The number of aromatic nitrogens is 1. The summed E-state index contributed by atoms with van der Waals surface area (Å²) in [6.45, 7) is 0.791. The van der Waals surface area contributed by atoms with Crippen molar-refractivity contribution >= 4 is 15.9 Å². The predicted octanol–water partition coefficient (Wildman–Crippen LogP) is 4.03. The molecular weight excluding hydrogens is 323 g/mol. The van der Waals surface area contributed by atoms with Crippen molar-refractivity contribution in [3.05, 3.63) is 52.5 Å². The fourth-order valence-electron chi connectivity index (χ4n) is 1.85. The summed E-state index contributed by atoms with van der Waals surface area (Å²) in [7, 11) is 0. The van der Waals surface area contributed by atoms with Crippen LogP contribution in [0.2, 0.25) is 0 Å². The lowest BCUT2D eigenvalue weighted by atomic mass is 10.2. The van der Waals surface area contributed by atoms with E-state index in [1.165, 1.54) is 25.0 Å². The summed E-state index contributed by atoms with van der Waals surface area (Å²) in [4.78, 5) is 4.17. The Morgan fingerprint density at radius 2 is 2.15 bits per heavy atom. The van der Waals surface area contributed by atoms with Crippen LogP contribution in [-0.4, -0.2) is 11.0 Å². The summed E-state index contributed by atoms with van der Waals surface area (Å²) < 4.78 is 19.3. The fourth-order valence-corrected chi connectivity index (χ4v) is 2.28. The molecule has 0 spiro atoms. The summed E-state index contributed by atoms with van der Waals surface area (Å²) in [6, 6.07) is 6.94. The molecule has 0 amide bonds. The molecule has 0 saturated heterocycles. The number of hydrogen-bond acceptors (Lipinski definition) is 3. The first-order chi connectivity index (χ1) is 9.70. The SMILES string of the molecule is Fc1ccc(Oc2cncc(CNC3CC3)c2)c(Br)c1. The van der Waals surface area contributed by atoms with Gasteiger partial charge in [0.2, 0.25) is 0 Å². The maximum atomic E-state index is 13.0. The van der Waals surface area contributed by atoms with Gasteiger partial charge in [-0.1, -0.05) is 0 Å². The van der Waals surface area contributed by atoms with E-state index in [9.17, 15) is 4.39 Å². The minimum atomic E-state index is -0.301. The van der Waals surface area contributed by atoms with E-state index in [4.69, 9.17) is 4.74 Å². The van der Waals surface area contributed by atoms with Crippen molar-refractivity contribution in [3.8, 4) is 11.5 Å². The third kappa shape index (κ3) is 3.55. The van der Waals surface area contributed by atoms with Crippen molar-refractivity contribution in [2.75, 3.05) is 0 Å². The van der Waals surface area contributed by atoms with Crippen molar-refractivity contribution in [2.45, 2.75) is 25.4 Å². The quantitative estimate of drug-likeness (QED) is 0.895. The molecule has 20 heavy (non-hydrogen) atoms. The van der Waals surface area contributed by atoms with E-state index >= 15 is 0 Å². The topological polar surface area (TPSA) is 34.1 Å². The molecule has 5 heteroatoms.